The number of aliphatic hydroxyl groups is 2. The number of methoxy groups -OCH3 is 2. The maximum atomic E-state index is 14.0. The molecule has 0 bridgehead atoms. The molecule has 1 aromatic heterocycles. The van der Waals surface area contributed by atoms with Crippen molar-refractivity contribution in [3.63, 3.8) is 0 Å². The highest BCUT2D eigenvalue weighted by atomic mass is 16.5. The van der Waals surface area contributed by atoms with Gasteiger partial charge in [0.25, 0.3) is 11.8 Å². The molecule has 0 radical (unpaired) electrons. The van der Waals surface area contributed by atoms with Crippen LogP contribution in [0.4, 0.5) is 11.4 Å². The van der Waals surface area contributed by atoms with Crippen LogP contribution in [0.25, 0.3) is 0 Å². The lowest BCUT2D eigenvalue weighted by molar-refractivity contribution is -0.140. The summed E-state index contributed by atoms with van der Waals surface area (Å²) in [5.41, 5.74) is 1.50. The quantitative estimate of drug-likeness (QED) is 0.0857. The number of rotatable bonds is 16. The minimum absolute atomic E-state index is 0.0939. The molecule has 3 aromatic carbocycles. The maximum Gasteiger partial charge on any atom is 0.305 e. The van der Waals surface area contributed by atoms with Gasteiger partial charge in [0.05, 0.1) is 38.1 Å². The molecule has 0 saturated carbocycles. The Kier molecular flexibility index (Phi) is 11.8. The number of amides is 2. The molecule has 5 rings (SSSR count). The van der Waals surface area contributed by atoms with E-state index < -0.39 is 17.4 Å². The predicted octanol–water partition coefficient (Wildman–Crippen LogP) is 4.82. The van der Waals surface area contributed by atoms with Crippen molar-refractivity contribution in [3.8, 4) is 5.75 Å². The van der Waals surface area contributed by atoms with Crippen LogP contribution in [0.15, 0.2) is 91.1 Å². The van der Waals surface area contributed by atoms with E-state index in [1.54, 1.807) is 66.1 Å². The zero-order valence-corrected chi connectivity index (χ0v) is 28.5. The molecule has 262 valence electrons. The van der Waals surface area contributed by atoms with Crippen LogP contribution >= 0.6 is 0 Å². The lowest BCUT2D eigenvalue weighted by atomic mass is 9.82. The summed E-state index contributed by atoms with van der Waals surface area (Å²) in [7, 11) is 2.89. The van der Waals surface area contributed by atoms with Crippen LogP contribution in [0.3, 0.4) is 0 Å². The molecule has 2 amide bonds. The van der Waals surface area contributed by atoms with E-state index in [0.29, 0.717) is 66.3 Å². The molecule has 0 saturated heterocycles. The first-order valence-corrected chi connectivity index (χ1v) is 16.6. The average molecular weight is 682 g/mol. The van der Waals surface area contributed by atoms with Crippen LogP contribution in [0.5, 0.6) is 5.75 Å². The van der Waals surface area contributed by atoms with Gasteiger partial charge in [-0.2, -0.15) is 0 Å². The highest BCUT2D eigenvalue weighted by Crippen LogP contribution is 2.46. The molecule has 0 fully saturated rings. The summed E-state index contributed by atoms with van der Waals surface area (Å²) in [5, 5.41) is 33.6. The van der Waals surface area contributed by atoms with Gasteiger partial charge in [-0.05, 0) is 67.3 Å². The fourth-order valence-electron chi connectivity index (χ4n) is 6.12. The predicted molar refractivity (Wildman–Crippen MR) is 188 cm³/mol. The van der Waals surface area contributed by atoms with E-state index in [4.69, 9.17) is 9.47 Å². The van der Waals surface area contributed by atoms with E-state index in [-0.39, 0.29) is 30.8 Å². The van der Waals surface area contributed by atoms with Crippen LogP contribution in [0.1, 0.15) is 65.7 Å². The van der Waals surface area contributed by atoms with Crippen LogP contribution in [-0.4, -0.2) is 70.4 Å². The Morgan fingerprint density at radius 2 is 1.78 bits per heavy atom. The fraction of sp³-hybridized carbons (Fsp3) is 0.342. The zero-order valence-electron chi connectivity index (χ0n) is 28.5. The smallest absolute Gasteiger partial charge is 0.305 e. The molecule has 12 nitrogen and oxygen atoms in total. The van der Waals surface area contributed by atoms with Crippen LogP contribution in [-0.2, 0) is 26.5 Å². The normalized spacial score (nSPS) is 16.7. The number of hydrogen-bond acceptors (Lipinski definition) is 9. The van der Waals surface area contributed by atoms with Crippen LogP contribution < -0.4 is 15.0 Å². The molecule has 0 aliphatic carbocycles. The van der Waals surface area contributed by atoms with Crippen molar-refractivity contribution in [2.75, 3.05) is 37.6 Å². The Hall–Kier alpha value is -5.33. The van der Waals surface area contributed by atoms with Gasteiger partial charge >= 0.3 is 5.97 Å². The van der Waals surface area contributed by atoms with Gasteiger partial charge in [0.2, 0.25) is 0 Å². The van der Waals surface area contributed by atoms with E-state index in [1.165, 1.54) is 7.11 Å². The zero-order chi connectivity index (χ0) is 35.7. The summed E-state index contributed by atoms with van der Waals surface area (Å²) < 4.78 is 11.6. The van der Waals surface area contributed by atoms with E-state index in [9.17, 15) is 24.6 Å². The number of ether oxygens (including phenoxy) is 2. The number of unbranched alkanes of at least 4 members (excludes halogenated alkanes) is 1. The Balaban J connectivity index is 1.31. The first-order chi connectivity index (χ1) is 24.2. The molecule has 0 spiro atoms. The number of benzene rings is 3. The van der Waals surface area contributed by atoms with E-state index in [1.807, 2.05) is 48.7 Å². The molecular weight excluding hydrogens is 638 g/mol. The second-order valence-corrected chi connectivity index (χ2v) is 12.2. The fourth-order valence-corrected chi connectivity index (χ4v) is 6.12. The second kappa shape index (κ2) is 16.4. The van der Waals surface area contributed by atoms with Gasteiger partial charge < -0.3 is 29.9 Å². The number of nitrogens with zero attached hydrogens (tertiary/aromatic N) is 4. The first kappa shape index (κ1) is 36.0. The summed E-state index contributed by atoms with van der Waals surface area (Å²) in [6.45, 7) is 2.48. The van der Waals surface area contributed by atoms with Gasteiger partial charge in [-0.1, -0.05) is 54.6 Å². The van der Waals surface area contributed by atoms with Crippen molar-refractivity contribution in [1.29, 1.82) is 0 Å². The van der Waals surface area contributed by atoms with Gasteiger partial charge in [0.15, 0.2) is 5.60 Å². The van der Waals surface area contributed by atoms with Gasteiger partial charge in [-0.25, -0.2) is 0 Å². The van der Waals surface area contributed by atoms with Crippen molar-refractivity contribution in [2.24, 2.45) is 5.92 Å². The second-order valence-electron chi connectivity index (χ2n) is 12.2. The monoisotopic (exact) mass is 681 g/mol. The molecule has 1 aliphatic heterocycles. The topological polar surface area (TPSA) is 156 Å². The van der Waals surface area contributed by atoms with Crippen molar-refractivity contribution in [2.45, 2.75) is 50.7 Å². The third kappa shape index (κ3) is 7.93. The highest BCUT2D eigenvalue weighted by Gasteiger charge is 2.52. The van der Waals surface area contributed by atoms with E-state index in [2.05, 4.69) is 15.6 Å². The summed E-state index contributed by atoms with van der Waals surface area (Å²) >= 11 is 0. The molecule has 2 heterocycles. The van der Waals surface area contributed by atoms with Gasteiger partial charge in [-0.15, -0.1) is 5.10 Å². The molecule has 1 aliphatic rings. The van der Waals surface area contributed by atoms with Crippen molar-refractivity contribution in [1.82, 2.24) is 15.0 Å². The molecule has 12 heteroatoms. The Morgan fingerprint density at radius 1 is 1.02 bits per heavy atom. The van der Waals surface area contributed by atoms with Crippen molar-refractivity contribution >= 4 is 29.2 Å². The van der Waals surface area contributed by atoms with Gasteiger partial charge in [-0.3, -0.25) is 19.1 Å². The minimum atomic E-state index is -1.90. The number of carbonyl (C=O) groups is 3. The highest BCUT2D eigenvalue weighted by molar-refractivity contribution is 6.09. The Labute approximate surface area is 291 Å². The Bertz CT molecular complexity index is 1810. The molecule has 50 heavy (non-hydrogen) atoms. The lowest BCUT2D eigenvalue weighted by Gasteiger charge is -2.28. The Morgan fingerprint density at radius 3 is 2.48 bits per heavy atom. The number of hydrogen-bond donors (Lipinski definition) is 3. The van der Waals surface area contributed by atoms with Crippen molar-refractivity contribution < 1.29 is 34.1 Å². The molecule has 3 N–H and O–H groups in total. The SMILES string of the molecule is COC(=O)CCCCN1C(=O)[C@@](O)([C@@H](C)/C=C/CCn2cc(C(CO)c3ccccc3)nn2)c2cc(NC(=O)c3ccc(OC)cc3)ccc21. The molecule has 4 aromatic rings. The number of fused-ring (bicyclic) bond motifs is 1. The number of allylic oxidation sites excluding steroid dienone is 1. The number of anilines is 2. The van der Waals surface area contributed by atoms with Gasteiger partial charge in [0.1, 0.15) is 5.75 Å². The number of esters is 1. The standard InChI is InChI=1S/C38H43N5O7/c1-26(11-7-9-21-42-24-33(40-41-42)31(25-44)27-12-5-4-6-13-27)38(48)32-23-29(39-36(46)28-15-18-30(49-2)19-16-28)17-20-34(32)43(37(38)47)22-10-8-14-35(45)50-3/h4-7,11-13,15-20,23-24,26,31,44,48H,8-10,14,21-22,25H2,1-3H3,(H,39,46)/b11-7+/t26-,31?,38+/m0/s1. The lowest BCUT2D eigenvalue weighted by Crippen LogP contribution is -2.44. The maximum absolute atomic E-state index is 14.0. The van der Waals surface area contributed by atoms with Crippen LogP contribution in [0.2, 0.25) is 0 Å². The number of aromatic nitrogens is 3. The molecular formula is C38H43N5O7. The van der Waals surface area contributed by atoms with E-state index >= 15 is 0 Å². The van der Waals surface area contributed by atoms with Crippen molar-refractivity contribution in [3.05, 3.63) is 114 Å². The number of aliphatic hydroxyl groups excluding tert-OH is 1. The third-order valence-corrected chi connectivity index (χ3v) is 9.03. The minimum Gasteiger partial charge on any atom is -0.497 e. The largest absolute Gasteiger partial charge is 0.497 e. The molecule has 3 atom stereocenters. The molecule has 1 unspecified atom stereocenters. The van der Waals surface area contributed by atoms with E-state index in [0.717, 1.165) is 5.56 Å². The number of carbonyl (C=O) groups excluding carboxylic acids is 3. The average Bonchev–Trinajstić information content (AvgIpc) is 3.69. The third-order valence-electron chi connectivity index (χ3n) is 9.03. The summed E-state index contributed by atoms with van der Waals surface area (Å²) in [4.78, 5) is 40.2. The first-order valence-electron chi connectivity index (χ1n) is 16.6. The van der Waals surface area contributed by atoms with Gasteiger partial charge in [0, 0.05) is 48.4 Å². The number of nitrogens with one attached hydrogen (secondary N) is 1. The van der Waals surface area contributed by atoms with Crippen LogP contribution in [0, 0.1) is 5.92 Å². The summed E-state index contributed by atoms with van der Waals surface area (Å²) in [6, 6.07) is 21.4. The number of aryl methyl sites for hydroxylation is 1. The summed E-state index contributed by atoms with van der Waals surface area (Å²) in [6.07, 6.45) is 7.34. The summed E-state index contributed by atoms with van der Waals surface area (Å²) in [5.74, 6) is -1.43.